The molecule has 2 rings (SSSR count). The summed E-state index contributed by atoms with van der Waals surface area (Å²) in [6.45, 7) is 13.8. The Balaban J connectivity index is -0.000000749. The Labute approximate surface area is 167 Å². The van der Waals surface area contributed by atoms with Crippen LogP contribution < -0.4 is 5.32 Å². The number of amides is 1. The minimum atomic E-state index is -4.33. The van der Waals surface area contributed by atoms with Gasteiger partial charge in [0.1, 0.15) is 0 Å². The van der Waals surface area contributed by atoms with Gasteiger partial charge in [0.25, 0.3) is 5.91 Å². The zero-order chi connectivity index (χ0) is 20.8. The third-order valence-corrected chi connectivity index (χ3v) is 3.38. The average molecular weight is 445 g/mol. The molecule has 6 nitrogen and oxygen atoms in total. The number of halogens is 3. The van der Waals surface area contributed by atoms with Crippen LogP contribution in [-0.4, -0.2) is 29.7 Å². The normalized spacial score (nSPS) is 10.6. The number of aliphatic hydroxyl groups is 1. The van der Waals surface area contributed by atoms with E-state index in [1.165, 1.54) is 24.3 Å². The Kier molecular flexibility index (Phi) is 18.0. The summed E-state index contributed by atoms with van der Waals surface area (Å²) < 4.78 is 58.9. The molecule has 11 heteroatoms. The standard InChI is InChI=1S/C13H11F3NO2S.3CO.Co/c14-13(15,16)20-11-3-1-8(2-4-11)12(19)17-6-9-5-10(9)7-18;3*1-2;/h1-5,18H,6-7H2,(H,17,19);;;;/q-1;;;;. The summed E-state index contributed by atoms with van der Waals surface area (Å²) >= 11 is -0.219. The Morgan fingerprint density at radius 1 is 1.07 bits per heavy atom. The first kappa shape index (κ1) is 29.9. The van der Waals surface area contributed by atoms with Crippen molar-refractivity contribution in [1.29, 1.82) is 0 Å². The first-order valence-corrected chi connectivity index (χ1v) is 7.13. The van der Waals surface area contributed by atoms with Gasteiger partial charge in [0.2, 0.25) is 0 Å². The quantitative estimate of drug-likeness (QED) is 0.413. The van der Waals surface area contributed by atoms with Gasteiger partial charge < -0.3 is 10.4 Å². The predicted octanol–water partition coefficient (Wildman–Crippen LogP) is 2.42. The molecule has 0 heterocycles. The van der Waals surface area contributed by atoms with Crippen molar-refractivity contribution < 1.29 is 53.8 Å². The molecule has 0 saturated heterocycles. The third kappa shape index (κ3) is 13.0. The maximum Gasteiger partial charge on any atom is 0 e. The van der Waals surface area contributed by atoms with Gasteiger partial charge in [-0.3, -0.25) is 11.2 Å². The molecule has 1 amide bonds. The second-order valence-corrected chi connectivity index (χ2v) is 5.25. The molecule has 27 heavy (non-hydrogen) atoms. The van der Waals surface area contributed by atoms with Gasteiger partial charge in [0, 0.05) is 33.8 Å². The number of aliphatic hydroxyl groups excluding tert-OH is 1. The van der Waals surface area contributed by atoms with E-state index in [2.05, 4.69) is 25.3 Å². The molecule has 1 aromatic rings. The van der Waals surface area contributed by atoms with E-state index in [9.17, 15) is 18.0 Å². The van der Waals surface area contributed by atoms with Gasteiger partial charge >= 0.3 is 39.4 Å². The molecule has 1 aliphatic rings. The number of hydrogen-bond donors (Lipinski definition) is 2. The molecule has 147 valence electrons. The summed E-state index contributed by atoms with van der Waals surface area (Å²) in [7, 11) is 0. The zero-order valence-electron chi connectivity index (χ0n) is 13.3. The van der Waals surface area contributed by atoms with Crippen molar-refractivity contribution in [2.75, 3.05) is 13.2 Å². The summed E-state index contributed by atoms with van der Waals surface area (Å²) in [6, 6.07) is 5.21. The van der Waals surface area contributed by atoms with Crippen molar-refractivity contribution >= 4 is 17.7 Å². The summed E-state index contributed by atoms with van der Waals surface area (Å²) in [5.41, 5.74) is -2.35. The molecule has 0 aliphatic heterocycles. The molecule has 1 radical (unpaired) electrons. The number of rotatable bonds is 5. The molecule has 0 saturated carbocycles. The largest absolute Gasteiger partial charge is 0 e. The van der Waals surface area contributed by atoms with Crippen LogP contribution >= 0.6 is 11.8 Å². The van der Waals surface area contributed by atoms with E-state index >= 15 is 0 Å². The van der Waals surface area contributed by atoms with E-state index in [4.69, 9.17) is 19.1 Å². The van der Waals surface area contributed by atoms with Crippen LogP contribution in [0, 0.1) is 26.4 Å². The topological polar surface area (TPSA) is 109 Å². The van der Waals surface area contributed by atoms with Crippen LogP contribution in [0.3, 0.4) is 0 Å². The molecular weight excluding hydrogens is 434 g/mol. The number of hydrogen-bond acceptors (Lipinski definition) is 3. The summed E-state index contributed by atoms with van der Waals surface area (Å²) in [6.07, 6.45) is 1.77. The maximum absolute atomic E-state index is 12.1. The zero-order valence-corrected chi connectivity index (χ0v) is 15.1. The van der Waals surface area contributed by atoms with E-state index in [1.807, 2.05) is 0 Å². The summed E-state index contributed by atoms with van der Waals surface area (Å²) in [4.78, 5) is 11.8. The Morgan fingerprint density at radius 2 is 1.56 bits per heavy atom. The molecule has 0 spiro atoms. The van der Waals surface area contributed by atoms with Crippen LogP contribution in [0.2, 0.25) is 0 Å². The second-order valence-electron chi connectivity index (χ2n) is 4.11. The van der Waals surface area contributed by atoms with Crippen LogP contribution in [0.15, 0.2) is 40.3 Å². The predicted molar refractivity (Wildman–Crippen MR) is 80.9 cm³/mol. The van der Waals surface area contributed by atoms with Crippen LogP contribution in [0.25, 0.3) is 0 Å². The summed E-state index contributed by atoms with van der Waals surface area (Å²) in [5, 5.41) is 11.4. The Hall–Kier alpha value is -1.87. The van der Waals surface area contributed by atoms with Crippen molar-refractivity contribution in [2.45, 2.75) is 10.4 Å². The van der Waals surface area contributed by atoms with Gasteiger partial charge in [-0.25, -0.2) is 11.1 Å². The van der Waals surface area contributed by atoms with Gasteiger partial charge in [-0.15, -0.1) is 0 Å². The van der Waals surface area contributed by atoms with Gasteiger partial charge in [-0.05, 0) is 42.6 Å². The summed E-state index contributed by atoms with van der Waals surface area (Å²) in [5.74, 6) is -0.362. The van der Waals surface area contributed by atoms with Crippen LogP contribution in [0.5, 0.6) is 0 Å². The number of nitrogens with one attached hydrogen (secondary N) is 1. The van der Waals surface area contributed by atoms with Crippen molar-refractivity contribution in [2.24, 2.45) is 0 Å². The number of benzene rings is 1. The molecule has 2 N–H and O–H groups in total. The van der Waals surface area contributed by atoms with Crippen molar-refractivity contribution in [3.63, 3.8) is 0 Å². The molecule has 0 aromatic heterocycles. The molecule has 0 atom stereocenters. The van der Waals surface area contributed by atoms with Crippen molar-refractivity contribution in [3.05, 3.63) is 67.3 Å². The molecule has 1 aliphatic carbocycles. The average Bonchev–Trinajstić information content (AvgIpc) is 3.43. The Bertz CT molecular complexity index is 655. The van der Waals surface area contributed by atoms with Crippen LogP contribution in [0.1, 0.15) is 10.4 Å². The molecule has 0 fully saturated rings. The fraction of sp³-hybridized carbons (Fsp3) is 0.188. The van der Waals surface area contributed by atoms with Gasteiger partial charge in [-0.2, -0.15) is 13.2 Å². The fourth-order valence-electron chi connectivity index (χ4n) is 1.57. The van der Waals surface area contributed by atoms with Crippen molar-refractivity contribution in [1.82, 2.24) is 5.32 Å². The maximum atomic E-state index is 12.1. The van der Waals surface area contributed by atoms with Crippen LogP contribution in [0.4, 0.5) is 13.2 Å². The second kappa shape index (κ2) is 16.3. The molecule has 0 unspecified atom stereocenters. The van der Waals surface area contributed by atoms with Gasteiger partial charge in [0.05, 0.1) is 0 Å². The minimum absolute atomic E-state index is 0. The SMILES string of the molecule is O=C(NCC1=C(CO)[CH-]1)c1ccc(SC(F)(F)F)cc1.[C-]#[O+].[C-]#[O+].[C-]#[O+].[Co]. The fourth-order valence-corrected chi connectivity index (χ4v) is 2.11. The number of carbonyl (C=O) groups excluding carboxylic acids is 1. The minimum Gasteiger partial charge on any atom is 0 e. The Morgan fingerprint density at radius 3 is 1.93 bits per heavy atom. The van der Waals surface area contributed by atoms with E-state index < -0.39 is 5.51 Å². The van der Waals surface area contributed by atoms with E-state index in [1.54, 1.807) is 6.42 Å². The first-order valence-electron chi connectivity index (χ1n) is 6.32. The molecule has 0 bridgehead atoms. The van der Waals surface area contributed by atoms with Crippen molar-refractivity contribution in [3.8, 4) is 0 Å². The third-order valence-electron chi connectivity index (χ3n) is 2.64. The smallest absolute Gasteiger partial charge is 0 e. The van der Waals surface area contributed by atoms with E-state index in [0.717, 1.165) is 11.1 Å². The monoisotopic (exact) mass is 445 g/mol. The number of thioether (sulfide) groups is 1. The molecule has 1 aromatic carbocycles. The first-order chi connectivity index (χ1) is 12.4. The van der Waals surface area contributed by atoms with Gasteiger partial charge in [-0.1, -0.05) is 0 Å². The van der Waals surface area contributed by atoms with E-state index in [0.29, 0.717) is 12.1 Å². The van der Waals surface area contributed by atoms with E-state index in [-0.39, 0.29) is 46.0 Å². The van der Waals surface area contributed by atoms with Gasteiger partial charge in [0.15, 0.2) is 0 Å². The number of carbonyl (C=O) groups is 1. The van der Waals surface area contributed by atoms with Crippen LogP contribution in [-0.2, 0) is 30.7 Å². The molecular formula is C16H11CoF3NO5S-. The number of alkyl halides is 3.